The van der Waals surface area contributed by atoms with Crippen LogP contribution in [0.15, 0.2) is 12.3 Å². The van der Waals surface area contributed by atoms with Gasteiger partial charge in [0.15, 0.2) is 6.29 Å². The van der Waals surface area contributed by atoms with Gasteiger partial charge in [-0.15, -0.1) is 0 Å². The lowest BCUT2D eigenvalue weighted by atomic mass is 10.2. The molecule has 1 aromatic heterocycles. The van der Waals surface area contributed by atoms with Crippen LogP contribution in [-0.2, 0) is 6.18 Å². The van der Waals surface area contributed by atoms with E-state index in [1.165, 1.54) is 0 Å². The standard InChI is InChI=1S/C7H3ClF3NO/c8-5-1-6(7(9,10)11)12-2-4(5)3-13/h1-3H. The molecule has 0 saturated carbocycles. The van der Waals surface area contributed by atoms with Crippen molar-refractivity contribution in [3.8, 4) is 0 Å². The molecule has 1 heterocycles. The maximum Gasteiger partial charge on any atom is 0.433 e. The Labute approximate surface area is 76.3 Å². The summed E-state index contributed by atoms with van der Waals surface area (Å²) in [5.41, 5.74) is -1.17. The summed E-state index contributed by atoms with van der Waals surface area (Å²) in [5, 5.41) is -0.252. The Balaban J connectivity index is 3.17. The van der Waals surface area contributed by atoms with Gasteiger partial charge in [-0.3, -0.25) is 9.78 Å². The lowest BCUT2D eigenvalue weighted by Gasteiger charge is -2.05. The number of pyridine rings is 1. The van der Waals surface area contributed by atoms with Crippen LogP contribution in [0, 0.1) is 0 Å². The number of hydrogen-bond donors (Lipinski definition) is 0. The van der Waals surface area contributed by atoms with Crippen LogP contribution in [-0.4, -0.2) is 11.3 Å². The summed E-state index contributed by atoms with van der Waals surface area (Å²) in [7, 11) is 0. The highest BCUT2D eigenvalue weighted by molar-refractivity contribution is 6.32. The van der Waals surface area contributed by atoms with E-state index in [-0.39, 0.29) is 10.6 Å². The van der Waals surface area contributed by atoms with E-state index >= 15 is 0 Å². The van der Waals surface area contributed by atoms with Gasteiger partial charge in [-0.2, -0.15) is 13.2 Å². The molecule has 0 unspecified atom stereocenters. The fourth-order valence-corrected chi connectivity index (χ4v) is 0.880. The summed E-state index contributed by atoms with van der Waals surface area (Å²) in [6.45, 7) is 0. The third-order valence-corrected chi connectivity index (χ3v) is 1.63. The molecule has 0 atom stereocenters. The second-order valence-corrected chi connectivity index (χ2v) is 2.61. The molecule has 0 saturated heterocycles. The molecule has 0 aliphatic carbocycles. The number of rotatable bonds is 1. The molecule has 2 nitrogen and oxygen atoms in total. The molecular weight excluding hydrogens is 207 g/mol. The summed E-state index contributed by atoms with van der Waals surface area (Å²) < 4.78 is 36.0. The van der Waals surface area contributed by atoms with Crippen molar-refractivity contribution in [3.63, 3.8) is 0 Å². The molecule has 6 heteroatoms. The highest BCUT2D eigenvalue weighted by Crippen LogP contribution is 2.29. The van der Waals surface area contributed by atoms with Gasteiger partial charge in [0.25, 0.3) is 0 Å². The molecule has 0 aliphatic heterocycles. The van der Waals surface area contributed by atoms with Gasteiger partial charge >= 0.3 is 6.18 Å². The molecule has 0 N–H and O–H groups in total. The minimum absolute atomic E-state index is 0.0605. The van der Waals surface area contributed by atoms with E-state index in [1.807, 2.05) is 0 Å². The Morgan fingerprint density at radius 3 is 2.46 bits per heavy atom. The van der Waals surface area contributed by atoms with Crippen molar-refractivity contribution in [3.05, 3.63) is 28.5 Å². The largest absolute Gasteiger partial charge is 0.433 e. The number of nitrogens with zero attached hydrogens (tertiary/aromatic N) is 1. The molecule has 0 amide bonds. The zero-order chi connectivity index (χ0) is 10.1. The van der Waals surface area contributed by atoms with E-state index in [1.54, 1.807) is 0 Å². The van der Waals surface area contributed by atoms with Gasteiger partial charge in [0.05, 0.1) is 10.6 Å². The lowest BCUT2D eigenvalue weighted by molar-refractivity contribution is -0.141. The minimum atomic E-state index is -4.54. The third-order valence-electron chi connectivity index (χ3n) is 1.30. The van der Waals surface area contributed by atoms with Gasteiger partial charge in [-0.05, 0) is 6.07 Å². The Kier molecular flexibility index (Phi) is 2.56. The molecule has 0 bridgehead atoms. The van der Waals surface area contributed by atoms with Crippen molar-refractivity contribution in [1.29, 1.82) is 0 Å². The number of carbonyl (C=O) groups excluding carboxylic acids is 1. The number of aromatic nitrogens is 1. The molecule has 70 valence electrons. The van der Waals surface area contributed by atoms with Crippen molar-refractivity contribution in [1.82, 2.24) is 4.98 Å². The second-order valence-electron chi connectivity index (χ2n) is 2.21. The van der Waals surface area contributed by atoms with Crippen molar-refractivity contribution >= 4 is 17.9 Å². The Bertz CT molecular complexity index is 337. The molecule has 0 aliphatic rings. The zero-order valence-electron chi connectivity index (χ0n) is 6.10. The number of alkyl halides is 3. The van der Waals surface area contributed by atoms with Crippen molar-refractivity contribution in [2.75, 3.05) is 0 Å². The zero-order valence-corrected chi connectivity index (χ0v) is 6.86. The highest BCUT2D eigenvalue weighted by atomic mass is 35.5. The predicted octanol–water partition coefficient (Wildman–Crippen LogP) is 2.57. The lowest BCUT2D eigenvalue weighted by Crippen LogP contribution is -2.08. The van der Waals surface area contributed by atoms with Crippen LogP contribution in [0.25, 0.3) is 0 Å². The van der Waals surface area contributed by atoms with Gasteiger partial charge in [0, 0.05) is 6.20 Å². The maximum atomic E-state index is 12.0. The second kappa shape index (κ2) is 3.33. The van der Waals surface area contributed by atoms with Gasteiger partial charge in [-0.25, -0.2) is 0 Å². The van der Waals surface area contributed by atoms with Crippen LogP contribution in [0.1, 0.15) is 16.1 Å². The molecule has 0 fully saturated rings. The Hall–Kier alpha value is -1.10. The van der Waals surface area contributed by atoms with Crippen LogP contribution in [0.3, 0.4) is 0 Å². The minimum Gasteiger partial charge on any atom is -0.298 e. The van der Waals surface area contributed by atoms with E-state index < -0.39 is 11.9 Å². The van der Waals surface area contributed by atoms with Crippen molar-refractivity contribution in [2.24, 2.45) is 0 Å². The van der Waals surface area contributed by atoms with Gasteiger partial charge < -0.3 is 0 Å². The van der Waals surface area contributed by atoms with Gasteiger partial charge in [0.1, 0.15) is 5.69 Å². The predicted molar refractivity (Wildman–Crippen MR) is 39.6 cm³/mol. The number of hydrogen-bond acceptors (Lipinski definition) is 2. The SMILES string of the molecule is O=Cc1cnc(C(F)(F)F)cc1Cl. The smallest absolute Gasteiger partial charge is 0.298 e. The summed E-state index contributed by atoms with van der Waals surface area (Å²) in [5.74, 6) is 0. The average molecular weight is 210 g/mol. The molecule has 0 radical (unpaired) electrons. The Morgan fingerprint density at radius 1 is 1.46 bits per heavy atom. The normalized spacial score (nSPS) is 11.4. The van der Waals surface area contributed by atoms with E-state index in [0.29, 0.717) is 12.4 Å². The van der Waals surface area contributed by atoms with Crippen LogP contribution < -0.4 is 0 Å². The topological polar surface area (TPSA) is 30.0 Å². The van der Waals surface area contributed by atoms with E-state index in [9.17, 15) is 18.0 Å². The van der Waals surface area contributed by atoms with Crippen LogP contribution in [0.4, 0.5) is 13.2 Å². The van der Waals surface area contributed by atoms with Crippen LogP contribution in [0.2, 0.25) is 5.02 Å². The fraction of sp³-hybridized carbons (Fsp3) is 0.143. The first-order valence-corrected chi connectivity index (χ1v) is 3.51. The average Bonchev–Trinajstić information content (AvgIpc) is 2.02. The summed E-state index contributed by atoms with van der Waals surface area (Å²) >= 11 is 5.36. The Morgan fingerprint density at radius 2 is 2.08 bits per heavy atom. The summed E-state index contributed by atoms with van der Waals surface area (Å²) in [6, 6.07) is 0.616. The third kappa shape index (κ3) is 2.18. The molecule has 1 aromatic rings. The highest BCUT2D eigenvalue weighted by Gasteiger charge is 2.32. The first kappa shape index (κ1) is 9.98. The fourth-order valence-electron chi connectivity index (χ4n) is 0.683. The number of carbonyl (C=O) groups is 1. The van der Waals surface area contributed by atoms with Crippen molar-refractivity contribution in [2.45, 2.75) is 6.18 Å². The number of halogens is 4. The van der Waals surface area contributed by atoms with Gasteiger partial charge in [0.2, 0.25) is 0 Å². The van der Waals surface area contributed by atoms with E-state index in [4.69, 9.17) is 11.6 Å². The van der Waals surface area contributed by atoms with E-state index in [0.717, 1.165) is 6.20 Å². The van der Waals surface area contributed by atoms with Crippen molar-refractivity contribution < 1.29 is 18.0 Å². The van der Waals surface area contributed by atoms with Crippen LogP contribution in [0.5, 0.6) is 0 Å². The summed E-state index contributed by atoms with van der Waals surface area (Å²) in [4.78, 5) is 13.2. The van der Waals surface area contributed by atoms with E-state index in [2.05, 4.69) is 4.98 Å². The number of aldehydes is 1. The first-order chi connectivity index (χ1) is 5.95. The maximum absolute atomic E-state index is 12.0. The molecule has 0 aromatic carbocycles. The summed E-state index contributed by atoms with van der Waals surface area (Å²) in [6.07, 6.45) is -3.40. The van der Waals surface area contributed by atoms with Gasteiger partial charge in [-0.1, -0.05) is 11.6 Å². The molecule has 1 rings (SSSR count). The quantitative estimate of drug-likeness (QED) is 0.666. The molecular formula is C7H3ClF3NO. The molecule has 13 heavy (non-hydrogen) atoms. The molecule has 0 spiro atoms. The monoisotopic (exact) mass is 209 g/mol. The van der Waals surface area contributed by atoms with Crippen LogP contribution >= 0.6 is 11.6 Å². The first-order valence-electron chi connectivity index (χ1n) is 3.13.